The predicted molar refractivity (Wildman–Crippen MR) is 162 cm³/mol. The van der Waals surface area contributed by atoms with Crippen LogP contribution in [0.15, 0.2) is 11.6 Å². The standard InChI is InChI=1S/C29H55N2O4S2.K/c1-22(2)11-8-12-23(3)13-9-14-24(4)15-10-16-25(5)17-20-37-21-27(29(33)34)35-31-28(18-19-36-7)30-26(6)32;/h17,22-24,27-28H,8-16,18-21H2,1-7H3,(H,30,32)(H,33,34);/q-1;+1/b25-17+;. The van der Waals surface area contributed by atoms with Gasteiger partial charge in [-0.3, -0.25) is 4.79 Å². The predicted octanol–water partition coefficient (Wildman–Crippen LogP) is 5.08. The Morgan fingerprint density at radius 1 is 0.947 bits per heavy atom. The van der Waals surface area contributed by atoms with Crippen molar-refractivity contribution in [3.63, 3.8) is 0 Å². The van der Waals surface area contributed by atoms with Gasteiger partial charge in [0.25, 0.3) is 0 Å². The second-order valence-corrected chi connectivity index (χ2v) is 13.0. The number of amides is 1. The van der Waals surface area contributed by atoms with Crippen molar-refractivity contribution in [2.45, 2.75) is 118 Å². The van der Waals surface area contributed by atoms with Gasteiger partial charge in [0.15, 0.2) is 0 Å². The van der Waals surface area contributed by atoms with E-state index in [0.717, 1.165) is 35.7 Å². The molecule has 6 nitrogen and oxygen atoms in total. The third kappa shape index (κ3) is 25.9. The molecule has 4 atom stereocenters. The van der Waals surface area contributed by atoms with Gasteiger partial charge in [-0.15, -0.1) is 0 Å². The van der Waals surface area contributed by atoms with E-state index >= 15 is 0 Å². The molecule has 1 amide bonds. The summed E-state index contributed by atoms with van der Waals surface area (Å²) >= 11 is 3.17. The van der Waals surface area contributed by atoms with Crippen LogP contribution in [0.2, 0.25) is 0 Å². The van der Waals surface area contributed by atoms with E-state index in [0.29, 0.717) is 12.2 Å². The molecule has 0 aliphatic rings. The molecule has 0 aliphatic carbocycles. The number of thioether (sulfide) groups is 2. The zero-order chi connectivity index (χ0) is 28.1. The first kappa shape index (κ1) is 41.1. The van der Waals surface area contributed by atoms with Crippen LogP contribution in [0.4, 0.5) is 0 Å². The Morgan fingerprint density at radius 2 is 1.53 bits per heavy atom. The molecule has 0 aliphatic heterocycles. The number of carbonyl (C=O) groups excluding carboxylic acids is 1. The van der Waals surface area contributed by atoms with E-state index in [1.165, 1.54) is 75.6 Å². The molecule has 9 heteroatoms. The van der Waals surface area contributed by atoms with Gasteiger partial charge in [0, 0.05) is 18.4 Å². The quantitative estimate of drug-likeness (QED) is 0.0697. The summed E-state index contributed by atoms with van der Waals surface area (Å²) in [7, 11) is 0. The Bertz CT molecular complexity index is 638. The number of hydrogen-bond acceptors (Lipinski definition) is 5. The van der Waals surface area contributed by atoms with Crippen LogP contribution in [0.25, 0.3) is 5.48 Å². The van der Waals surface area contributed by atoms with Gasteiger partial charge in [0.05, 0.1) is 0 Å². The average molecular weight is 599 g/mol. The molecule has 0 heterocycles. The summed E-state index contributed by atoms with van der Waals surface area (Å²) < 4.78 is 0. The molecular weight excluding hydrogens is 544 g/mol. The Kier molecular flexibility index (Phi) is 29.0. The van der Waals surface area contributed by atoms with Crippen LogP contribution in [-0.2, 0) is 14.4 Å². The summed E-state index contributed by atoms with van der Waals surface area (Å²) in [4.78, 5) is 28.2. The number of hydrogen-bond donors (Lipinski definition) is 2. The molecule has 0 saturated heterocycles. The minimum atomic E-state index is -1.04. The largest absolute Gasteiger partial charge is 1.00 e. The number of carboxylic acids is 1. The van der Waals surface area contributed by atoms with Crippen LogP contribution in [-0.4, -0.2) is 52.8 Å². The Hall–Kier alpha value is 0.936. The van der Waals surface area contributed by atoms with E-state index in [2.05, 4.69) is 51.5 Å². The smallest absolute Gasteiger partial charge is 0.514 e. The van der Waals surface area contributed by atoms with Crippen LogP contribution in [0.5, 0.6) is 0 Å². The summed E-state index contributed by atoms with van der Waals surface area (Å²) in [5.41, 5.74) is 5.35. The van der Waals surface area contributed by atoms with Crippen LogP contribution in [0.1, 0.15) is 106 Å². The van der Waals surface area contributed by atoms with Crippen LogP contribution in [0.3, 0.4) is 0 Å². The molecule has 4 unspecified atom stereocenters. The minimum absolute atomic E-state index is 0. The fourth-order valence-corrected chi connectivity index (χ4v) is 5.51. The first-order valence-corrected chi connectivity index (χ1v) is 16.7. The van der Waals surface area contributed by atoms with Gasteiger partial charge in [-0.05, 0) is 62.1 Å². The van der Waals surface area contributed by atoms with Crippen LogP contribution >= 0.6 is 23.5 Å². The van der Waals surface area contributed by atoms with E-state index < -0.39 is 18.2 Å². The number of hydroxylamine groups is 1. The molecule has 0 aromatic heterocycles. The third-order valence-corrected chi connectivity index (χ3v) is 8.10. The van der Waals surface area contributed by atoms with Crippen molar-refractivity contribution in [3.05, 3.63) is 17.1 Å². The molecule has 0 fully saturated rings. The maximum absolute atomic E-state index is 11.6. The molecule has 0 radical (unpaired) electrons. The third-order valence-electron chi connectivity index (χ3n) is 6.52. The van der Waals surface area contributed by atoms with E-state index in [1.54, 1.807) is 11.8 Å². The van der Waals surface area contributed by atoms with Gasteiger partial charge in [0.1, 0.15) is 6.10 Å². The summed E-state index contributed by atoms with van der Waals surface area (Å²) in [5, 5.41) is 12.2. The van der Waals surface area contributed by atoms with Crippen molar-refractivity contribution in [1.29, 1.82) is 0 Å². The summed E-state index contributed by atoms with van der Waals surface area (Å²) in [6, 6.07) is 0. The average Bonchev–Trinajstić information content (AvgIpc) is 2.80. The minimum Gasteiger partial charge on any atom is -0.514 e. The summed E-state index contributed by atoms with van der Waals surface area (Å²) in [6.07, 6.45) is 14.9. The number of carbonyl (C=O) groups is 2. The molecule has 218 valence electrons. The van der Waals surface area contributed by atoms with E-state index in [9.17, 15) is 14.7 Å². The fraction of sp³-hybridized carbons (Fsp3) is 0.862. The molecule has 0 aromatic carbocycles. The number of rotatable bonds is 24. The van der Waals surface area contributed by atoms with Crippen molar-refractivity contribution >= 4 is 35.4 Å². The van der Waals surface area contributed by atoms with Gasteiger partial charge in [-0.2, -0.15) is 23.5 Å². The van der Waals surface area contributed by atoms with E-state index in [1.807, 2.05) is 6.26 Å². The van der Waals surface area contributed by atoms with Crippen molar-refractivity contribution in [1.82, 2.24) is 5.32 Å². The van der Waals surface area contributed by atoms with Crippen molar-refractivity contribution in [2.24, 2.45) is 17.8 Å². The van der Waals surface area contributed by atoms with Gasteiger partial charge in [0.2, 0.25) is 5.91 Å². The summed E-state index contributed by atoms with van der Waals surface area (Å²) in [6.45, 7) is 13.0. The summed E-state index contributed by atoms with van der Waals surface area (Å²) in [5.74, 6) is 3.07. The van der Waals surface area contributed by atoms with Gasteiger partial charge in [-0.1, -0.05) is 84.3 Å². The van der Waals surface area contributed by atoms with Gasteiger partial charge in [-0.25, -0.2) is 4.79 Å². The Morgan fingerprint density at radius 3 is 2.05 bits per heavy atom. The van der Waals surface area contributed by atoms with Crippen LogP contribution < -0.4 is 56.7 Å². The normalized spacial score (nSPS) is 15.0. The van der Waals surface area contributed by atoms with Crippen molar-refractivity contribution in [3.8, 4) is 0 Å². The number of aliphatic carboxylic acids is 1. The zero-order valence-corrected chi connectivity index (χ0v) is 30.3. The maximum Gasteiger partial charge on any atom is 1.00 e. The second-order valence-electron chi connectivity index (χ2n) is 11.0. The van der Waals surface area contributed by atoms with Gasteiger partial charge >= 0.3 is 57.4 Å². The monoisotopic (exact) mass is 598 g/mol. The fourth-order valence-electron chi connectivity index (χ4n) is 4.09. The molecular formula is C29H55KN2O4S2. The Labute approximate surface area is 285 Å². The molecule has 0 aromatic rings. The number of nitrogens with one attached hydrogen (secondary N) is 1. The first-order chi connectivity index (χ1) is 17.5. The Balaban J connectivity index is 0. The molecule has 38 heavy (non-hydrogen) atoms. The van der Waals surface area contributed by atoms with Crippen molar-refractivity contribution in [2.75, 3.05) is 23.5 Å². The topological polar surface area (TPSA) is 89.7 Å². The molecule has 0 saturated carbocycles. The molecule has 2 N–H and O–H groups in total. The molecule has 0 rings (SSSR count). The SMILES string of the molecule is CSCCC([N-]OC(CSC/C=C(\C)CCCC(C)CCCC(C)CCCC(C)C)C(=O)O)NC(C)=O.[K+]. The van der Waals surface area contributed by atoms with Gasteiger partial charge < -0.3 is 20.7 Å². The maximum atomic E-state index is 11.6. The van der Waals surface area contributed by atoms with Crippen LogP contribution in [0, 0.1) is 17.8 Å². The number of carboxylic acid groups (broad SMARTS) is 1. The van der Waals surface area contributed by atoms with Crippen molar-refractivity contribution < 1.29 is 70.9 Å². The molecule has 0 bridgehead atoms. The van der Waals surface area contributed by atoms with E-state index in [-0.39, 0.29) is 57.3 Å². The zero-order valence-electron chi connectivity index (χ0n) is 25.6. The van der Waals surface area contributed by atoms with E-state index in [4.69, 9.17) is 4.84 Å². The molecule has 0 spiro atoms. The first-order valence-electron chi connectivity index (χ1n) is 14.1. The number of nitrogens with zero attached hydrogens (tertiary/aromatic N) is 1. The number of allylic oxidation sites excluding steroid dienone is 1. The second kappa shape index (κ2) is 26.8.